The molecule has 8 unspecified atom stereocenters. The maximum absolute atomic E-state index is 12.4. The third-order valence-electron chi connectivity index (χ3n) is 11.7. The largest absolute Gasteiger partial charge is 0.492 e. The summed E-state index contributed by atoms with van der Waals surface area (Å²) in [5.41, 5.74) is 3.52. The molecule has 198 valence electrons. The molecule has 5 nitrogen and oxygen atoms in total. The summed E-state index contributed by atoms with van der Waals surface area (Å²) in [7, 11) is 0. The van der Waals surface area contributed by atoms with Crippen LogP contribution >= 0.6 is 0 Å². The van der Waals surface area contributed by atoms with Crippen LogP contribution in [0.15, 0.2) is 23.0 Å². The van der Waals surface area contributed by atoms with Crippen LogP contribution < -0.4 is 0 Å². The number of hydrogen-bond acceptors (Lipinski definition) is 4. The van der Waals surface area contributed by atoms with E-state index in [1.165, 1.54) is 25.3 Å². The first-order chi connectivity index (χ1) is 17.0. The van der Waals surface area contributed by atoms with E-state index in [0.29, 0.717) is 23.7 Å². The molecule has 0 radical (unpaired) electrons. The molecular weight excluding hydrogens is 450 g/mol. The topological polar surface area (TPSA) is 55.8 Å². The van der Waals surface area contributed by atoms with Crippen LogP contribution in [-0.2, 0) is 19.1 Å². The Bertz CT molecular complexity index is 1030. The molecule has 0 aromatic rings. The zero-order chi connectivity index (χ0) is 25.6. The first-order valence-electron chi connectivity index (χ1n) is 14.5. The summed E-state index contributed by atoms with van der Waals surface area (Å²) in [5, 5.41) is 0. The fourth-order valence-corrected chi connectivity index (χ4v) is 10.2. The minimum absolute atomic E-state index is 0.0607. The van der Waals surface area contributed by atoms with Gasteiger partial charge in [-0.2, -0.15) is 0 Å². The quantitative estimate of drug-likeness (QED) is 0.346. The highest BCUT2D eigenvalue weighted by atomic mass is 16.5. The number of nitrogens with zero attached hydrogens (tertiary/aromatic N) is 1. The average molecular weight is 496 g/mol. The van der Waals surface area contributed by atoms with Crippen molar-refractivity contribution in [3.05, 3.63) is 23.0 Å². The zero-order valence-electron chi connectivity index (χ0n) is 23.1. The van der Waals surface area contributed by atoms with E-state index >= 15 is 0 Å². The number of ether oxygens (including phenoxy) is 2. The van der Waals surface area contributed by atoms with Gasteiger partial charge < -0.3 is 14.4 Å². The van der Waals surface area contributed by atoms with Crippen molar-refractivity contribution < 1.29 is 19.1 Å². The second kappa shape index (κ2) is 8.36. The van der Waals surface area contributed by atoms with Crippen LogP contribution in [-0.4, -0.2) is 41.6 Å². The Morgan fingerprint density at radius 1 is 1.11 bits per heavy atom. The van der Waals surface area contributed by atoms with Crippen LogP contribution in [0.5, 0.6) is 0 Å². The molecule has 0 spiro atoms. The smallest absolute Gasteiger partial charge is 0.302 e. The van der Waals surface area contributed by atoms with Gasteiger partial charge in [0.25, 0.3) is 0 Å². The van der Waals surface area contributed by atoms with E-state index in [1.54, 1.807) is 12.5 Å². The SMILES string of the molecule is CC(=O)OC1CC[C@@]2(C)C(=CCC3C4CC5OC(C6CC(C)CN6C(C)=O)=C(C)C5[C@@]4(C)CCC32)C1. The van der Waals surface area contributed by atoms with Crippen molar-refractivity contribution in [2.45, 2.75) is 111 Å². The molecule has 3 saturated carbocycles. The van der Waals surface area contributed by atoms with E-state index in [2.05, 4.69) is 38.7 Å². The number of likely N-dealkylation sites (tertiary alicyclic amines) is 1. The van der Waals surface area contributed by atoms with E-state index in [-0.39, 0.29) is 41.0 Å². The van der Waals surface area contributed by atoms with Crippen LogP contribution in [0.25, 0.3) is 0 Å². The molecule has 0 aromatic heterocycles. The maximum atomic E-state index is 12.4. The van der Waals surface area contributed by atoms with Crippen molar-refractivity contribution >= 4 is 11.9 Å². The van der Waals surface area contributed by atoms with Gasteiger partial charge in [0.1, 0.15) is 18.0 Å². The third kappa shape index (κ3) is 3.46. The Hall–Kier alpha value is -1.78. The van der Waals surface area contributed by atoms with Gasteiger partial charge in [-0.3, -0.25) is 9.59 Å². The molecule has 1 saturated heterocycles. The molecule has 0 aromatic carbocycles. The molecule has 0 N–H and O–H groups in total. The van der Waals surface area contributed by atoms with E-state index in [9.17, 15) is 9.59 Å². The van der Waals surface area contributed by atoms with Crippen LogP contribution in [0, 0.1) is 40.4 Å². The number of carbonyl (C=O) groups is 2. The molecule has 6 aliphatic rings. The van der Waals surface area contributed by atoms with Gasteiger partial charge in [0.05, 0.1) is 6.04 Å². The normalized spacial score (nSPS) is 47.4. The van der Waals surface area contributed by atoms with Gasteiger partial charge >= 0.3 is 5.97 Å². The molecule has 4 aliphatic carbocycles. The van der Waals surface area contributed by atoms with Gasteiger partial charge in [0.2, 0.25) is 5.91 Å². The van der Waals surface area contributed by atoms with E-state index in [1.807, 2.05) is 0 Å². The number of allylic oxidation sites excluding steroid dienone is 1. The van der Waals surface area contributed by atoms with E-state index < -0.39 is 0 Å². The van der Waals surface area contributed by atoms with Crippen molar-refractivity contribution in [3.63, 3.8) is 0 Å². The molecule has 6 rings (SSSR count). The molecule has 2 heterocycles. The minimum Gasteiger partial charge on any atom is -0.492 e. The molecular formula is C31H45NO4. The summed E-state index contributed by atoms with van der Waals surface area (Å²) in [4.78, 5) is 26.0. The molecule has 10 atom stereocenters. The fraction of sp³-hybridized carbons (Fsp3) is 0.806. The van der Waals surface area contributed by atoms with Crippen LogP contribution in [0.1, 0.15) is 92.9 Å². The number of esters is 1. The van der Waals surface area contributed by atoms with Gasteiger partial charge in [-0.15, -0.1) is 0 Å². The lowest BCUT2D eigenvalue weighted by atomic mass is 9.47. The number of fused-ring (bicyclic) bond motifs is 7. The van der Waals surface area contributed by atoms with Gasteiger partial charge in [0, 0.05) is 32.7 Å². The Morgan fingerprint density at radius 2 is 1.89 bits per heavy atom. The summed E-state index contributed by atoms with van der Waals surface area (Å²) in [5.74, 6) is 4.31. The summed E-state index contributed by atoms with van der Waals surface area (Å²) in [6.07, 6.45) is 11.8. The number of amides is 1. The Balaban J connectivity index is 1.25. The van der Waals surface area contributed by atoms with Gasteiger partial charge in [0.15, 0.2) is 0 Å². The van der Waals surface area contributed by atoms with Crippen LogP contribution in [0.2, 0.25) is 0 Å². The molecule has 0 bridgehead atoms. The van der Waals surface area contributed by atoms with Crippen molar-refractivity contribution in [1.29, 1.82) is 0 Å². The van der Waals surface area contributed by atoms with Crippen molar-refractivity contribution in [2.75, 3.05) is 6.54 Å². The molecule has 2 aliphatic heterocycles. The molecule has 1 amide bonds. The Morgan fingerprint density at radius 3 is 2.61 bits per heavy atom. The first-order valence-corrected chi connectivity index (χ1v) is 14.5. The standard InChI is InChI=1S/C31H45NO4/c1-17-13-26(32(16-17)19(3)33)29-18(2)28-27(36-29)15-25-23-8-7-21-14-22(35-20(4)34)9-11-30(21,5)24(23)10-12-31(25,28)6/h7,17,22-28H,8-16H2,1-6H3/t17?,22?,23?,24?,25?,26?,27?,28?,30-,31-/m0/s1. The Kier molecular flexibility index (Phi) is 5.70. The van der Waals surface area contributed by atoms with E-state index in [0.717, 1.165) is 56.7 Å². The fourth-order valence-electron chi connectivity index (χ4n) is 10.2. The number of rotatable bonds is 2. The summed E-state index contributed by atoms with van der Waals surface area (Å²) >= 11 is 0. The van der Waals surface area contributed by atoms with Gasteiger partial charge in [-0.25, -0.2) is 0 Å². The van der Waals surface area contributed by atoms with E-state index in [4.69, 9.17) is 9.47 Å². The van der Waals surface area contributed by atoms with Crippen molar-refractivity contribution in [2.24, 2.45) is 40.4 Å². The monoisotopic (exact) mass is 495 g/mol. The number of hydrogen-bond donors (Lipinski definition) is 0. The third-order valence-corrected chi connectivity index (χ3v) is 11.7. The number of carbonyl (C=O) groups excluding carboxylic acids is 2. The van der Waals surface area contributed by atoms with Gasteiger partial charge in [-0.1, -0.05) is 32.4 Å². The minimum atomic E-state index is -0.148. The first kappa shape index (κ1) is 24.6. The molecule has 36 heavy (non-hydrogen) atoms. The van der Waals surface area contributed by atoms with Crippen molar-refractivity contribution in [3.8, 4) is 0 Å². The highest BCUT2D eigenvalue weighted by Crippen LogP contribution is 2.69. The van der Waals surface area contributed by atoms with Gasteiger partial charge in [-0.05, 0) is 91.9 Å². The zero-order valence-corrected chi connectivity index (χ0v) is 23.1. The summed E-state index contributed by atoms with van der Waals surface area (Å²) in [6.45, 7) is 13.7. The predicted octanol–water partition coefficient (Wildman–Crippen LogP) is 6.04. The van der Waals surface area contributed by atoms with Crippen molar-refractivity contribution in [1.82, 2.24) is 4.90 Å². The Labute approximate surface area is 217 Å². The summed E-state index contributed by atoms with van der Waals surface area (Å²) < 4.78 is 12.5. The molecule has 5 heteroatoms. The lowest BCUT2D eigenvalue weighted by molar-refractivity contribution is -0.148. The second-order valence-electron chi connectivity index (χ2n) is 13.7. The van der Waals surface area contributed by atoms with Crippen LogP contribution in [0.4, 0.5) is 0 Å². The average Bonchev–Trinajstić information content (AvgIpc) is 3.44. The maximum Gasteiger partial charge on any atom is 0.302 e. The highest BCUT2D eigenvalue weighted by molar-refractivity contribution is 5.74. The molecule has 4 fully saturated rings. The highest BCUT2D eigenvalue weighted by Gasteiger charge is 2.64. The lowest BCUT2D eigenvalue weighted by Crippen LogP contribution is -2.50. The predicted molar refractivity (Wildman–Crippen MR) is 139 cm³/mol. The summed E-state index contributed by atoms with van der Waals surface area (Å²) in [6, 6.07) is 0.132. The lowest BCUT2D eigenvalue weighted by Gasteiger charge is -2.58. The second-order valence-corrected chi connectivity index (χ2v) is 13.7. The van der Waals surface area contributed by atoms with Crippen LogP contribution in [0.3, 0.4) is 0 Å².